The summed E-state index contributed by atoms with van der Waals surface area (Å²) in [5.74, 6) is -0.293. The number of hydrogen-bond acceptors (Lipinski definition) is 9. The largest absolute Gasteiger partial charge is 0.428 e. The highest BCUT2D eigenvalue weighted by atomic mass is 32.2. The molecule has 0 spiro atoms. The zero-order chi connectivity index (χ0) is 15.3. The molecular formula is C11H17NO7S. The van der Waals surface area contributed by atoms with Gasteiger partial charge in [0.25, 0.3) is 5.22 Å². The number of ether oxygens (including phenoxy) is 1. The number of nitrogens with zero attached hydrogens (tertiary/aromatic N) is 1. The van der Waals surface area contributed by atoms with E-state index in [0.29, 0.717) is 11.8 Å². The summed E-state index contributed by atoms with van der Waals surface area (Å²) in [6.45, 7) is 0.786. The van der Waals surface area contributed by atoms with E-state index >= 15 is 0 Å². The summed E-state index contributed by atoms with van der Waals surface area (Å²) < 4.78 is 9.78. The summed E-state index contributed by atoms with van der Waals surface area (Å²) in [5, 5.41) is 38.1. The predicted molar refractivity (Wildman–Crippen MR) is 68.3 cm³/mol. The maximum absolute atomic E-state index is 11.0. The normalized spacial score (nSPS) is 17.5. The van der Waals surface area contributed by atoms with Gasteiger partial charge in [-0.2, -0.15) is 0 Å². The third-order valence-corrected chi connectivity index (χ3v) is 3.47. The van der Waals surface area contributed by atoms with E-state index in [-0.39, 0.29) is 16.8 Å². The fraction of sp³-hybridized carbons (Fsp3) is 0.636. The fourth-order valence-electron chi connectivity index (χ4n) is 1.36. The Morgan fingerprint density at radius 1 is 1.45 bits per heavy atom. The Balaban J connectivity index is 2.64. The number of ketones is 1. The van der Waals surface area contributed by atoms with Crippen LogP contribution >= 0.6 is 11.8 Å². The van der Waals surface area contributed by atoms with Gasteiger partial charge < -0.3 is 29.6 Å². The van der Waals surface area contributed by atoms with E-state index in [2.05, 4.69) is 4.98 Å². The van der Waals surface area contributed by atoms with Gasteiger partial charge in [-0.1, -0.05) is 0 Å². The van der Waals surface area contributed by atoms with E-state index in [9.17, 15) is 20.1 Å². The van der Waals surface area contributed by atoms with Crippen LogP contribution in [0, 0.1) is 0 Å². The molecule has 4 N–H and O–H groups in total. The second-order valence-corrected chi connectivity index (χ2v) is 5.06. The average Bonchev–Trinajstić information content (AvgIpc) is 2.87. The Hall–Kier alpha value is -0.970. The lowest BCUT2D eigenvalue weighted by Crippen LogP contribution is -2.45. The van der Waals surface area contributed by atoms with Crippen molar-refractivity contribution in [3.63, 3.8) is 0 Å². The molecule has 0 aromatic carbocycles. The molecule has 0 amide bonds. The van der Waals surface area contributed by atoms with Crippen molar-refractivity contribution in [2.45, 2.75) is 35.9 Å². The van der Waals surface area contributed by atoms with E-state index in [4.69, 9.17) is 14.3 Å². The van der Waals surface area contributed by atoms with Gasteiger partial charge in [0.1, 0.15) is 23.7 Å². The molecule has 4 atom stereocenters. The number of aliphatic hydroxyl groups is 4. The Morgan fingerprint density at radius 2 is 2.10 bits per heavy atom. The van der Waals surface area contributed by atoms with Crippen molar-refractivity contribution in [1.29, 1.82) is 0 Å². The number of oxazole rings is 1. The highest BCUT2D eigenvalue weighted by Gasteiger charge is 2.32. The molecule has 0 aliphatic rings. The lowest BCUT2D eigenvalue weighted by Gasteiger charge is -2.26. The first kappa shape index (κ1) is 17.1. The molecule has 0 aliphatic heterocycles. The van der Waals surface area contributed by atoms with Crippen molar-refractivity contribution in [2.24, 2.45) is 0 Å². The smallest absolute Gasteiger partial charge is 0.258 e. The van der Waals surface area contributed by atoms with Crippen LogP contribution in [0.5, 0.6) is 0 Å². The summed E-state index contributed by atoms with van der Waals surface area (Å²) in [4.78, 5) is 14.8. The van der Waals surface area contributed by atoms with Gasteiger partial charge in [-0.25, -0.2) is 4.98 Å². The monoisotopic (exact) mass is 307 g/mol. The molecule has 114 valence electrons. The highest BCUT2D eigenvalue weighted by Crippen LogP contribution is 2.25. The first-order chi connectivity index (χ1) is 9.40. The Bertz CT molecular complexity index is 434. The van der Waals surface area contributed by atoms with Gasteiger partial charge in [0.15, 0.2) is 11.5 Å². The number of aromatic nitrogens is 1. The minimum absolute atomic E-state index is 0.0214. The topological polar surface area (TPSA) is 133 Å². The quantitative estimate of drug-likeness (QED) is 0.271. The third-order valence-electron chi connectivity index (χ3n) is 2.56. The first-order valence-corrected chi connectivity index (χ1v) is 6.60. The summed E-state index contributed by atoms with van der Waals surface area (Å²) >= 11 is 0.635. The van der Waals surface area contributed by atoms with E-state index < -0.39 is 30.4 Å². The zero-order valence-electron chi connectivity index (χ0n) is 11.0. The van der Waals surface area contributed by atoms with Crippen molar-refractivity contribution in [3.05, 3.63) is 12.0 Å². The molecule has 4 unspecified atom stereocenters. The number of hydrogen-bond donors (Lipinski definition) is 4. The van der Waals surface area contributed by atoms with Gasteiger partial charge in [0, 0.05) is 14.0 Å². The third kappa shape index (κ3) is 4.27. The molecule has 9 heteroatoms. The zero-order valence-corrected chi connectivity index (χ0v) is 11.8. The molecule has 0 fully saturated rings. The van der Waals surface area contributed by atoms with Crippen molar-refractivity contribution in [3.8, 4) is 0 Å². The van der Waals surface area contributed by atoms with Crippen LogP contribution in [0.2, 0.25) is 0 Å². The first-order valence-electron chi connectivity index (χ1n) is 5.72. The van der Waals surface area contributed by atoms with Crippen LogP contribution in [0.1, 0.15) is 17.5 Å². The number of Topliss-reactive ketones (excluding diaryl/α,β-unsaturated/α-hetero) is 1. The van der Waals surface area contributed by atoms with E-state index in [1.165, 1.54) is 20.2 Å². The molecule has 0 saturated carbocycles. The second-order valence-electron chi connectivity index (χ2n) is 3.99. The Labute approximate surface area is 119 Å². The number of carbonyl (C=O) groups excluding carboxylic acids is 1. The molecule has 1 aromatic heterocycles. The van der Waals surface area contributed by atoms with Crippen molar-refractivity contribution < 1.29 is 34.4 Å². The average molecular weight is 307 g/mol. The van der Waals surface area contributed by atoms with Crippen LogP contribution in [0.15, 0.2) is 15.8 Å². The van der Waals surface area contributed by atoms with Crippen LogP contribution in [-0.4, -0.2) is 68.7 Å². The molecule has 0 radical (unpaired) electrons. The summed E-state index contributed by atoms with van der Waals surface area (Å²) in [7, 11) is 1.25. The van der Waals surface area contributed by atoms with Crippen LogP contribution in [0.3, 0.4) is 0 Å². The SMILES string of the molecule is COC(CO)C(O)C(O)C(O)Sc1ncc(C(C)=O)o1. The maximum Gasteiger partial charge on any atom is 0.258 e. The predicted octanol–water partition coefficient (Wildman–Crippen LogP) is -0.983. The molecular weight excluding hydrogens is 290 g/mol. The van der Waals surface area contributed by atoms with Gasteiger partial charge in [-0.15, -0.1) is 0 Å². The molecule has 0 bridgehead atoms. The minimum Gasteiger partial charge on any atom is -0.428 e. The minimum atomic E-state index is -1.59. The highest BCUT2D eigenvalue weighted by molar-refractivity contribution is 7.99. The van der Waals surface area contributed by atoms with Crippen LogP contribution in [-0.2, 0) is 4.74 Å². The number of rotatable bonds is 8. The Kier molecular flexibility index (Phi) is 6.59. The van der Waals surface area contributed by atoms with E-state index in [1.54, 1.807) is 0 Å². The van der Waals surface area contributed by atoms with Crippen molar-refractivity contribution in [1.82, 2.24) is 4.98 Å². The van der Waals surface area contributed by atoms with E-state index in [0.717, 1.165) is 0 Å². The van der Waals surface area contributed by atoms with Crippen LogP contribution < -0.4 is 0 Å². The van der Waals surface area contributed by atoms with Gasteiger partial charge >= 0.3 is 0 Å². The molecule has 0 aliphatic carbocycles. The summed E-state index contributed by atoms with van der Waals surface area (Å²) in [5.41, 5.74) is -1.47. The molecule has 0 saturated heterocycles. The lowest BCUT2D eigenvalue weighted by molar-refractivity contribution is -0.110. The number of methoxy groups -OCH3 is 1. The van der Waals surface area contributed by atoms with Crippen LogP contribution in [0.4, 0.5) is 0 Å². The Morgan fingerprint density at radius 3 is 2.55 bits per heavy atom. The maximum atomic E-state index is 11.0. The van der Waals surface area contributed by atoms with Crippen molar-refractivity contribution in [2.75, 3.05) is 13.7 Å². The van der Waals surface area contributed by atoms with Gasteiger partial charge in [-0.3, -0.25) is 4.79 Å². The van der Waals surface area contributed by atoms with Gasteiger partial charge in [-0.05, 0) is 11.8 Å². The summed E-state index contributed by atoms with van der Waals surface area (Å²) in [6.07, 6.45) is -2.91. The van der Waals surface area contributed by atoms with Gasteiger partial charge in [0.2, 0.25) is 0 Å². The fourth-order valence-corrected chi connectivity index (χ4v) is 2.12. The molecule has 1 heterocycles. The summed E-state index contributed by atoms with van der Waals surface area (Å²) in [6, 6.07) is 0. The number of thioether (sulfide) groups is 1. The van der Waals surface area contributed by atoms with E-state index in [1.807, 2.05) is 0 Å². The standard InChI is InChI=1S/C11H17NO7S/c1-5(14)6-3-12-11(19-6)20-10(17)9(16)8(15)7(4-13)18-2/h3,7-10,13,15-17H,4H2,1-2H3. The molecule has 1 rings (SSSR count). The van der Waals surface area contributed by atoms with Crippen LogP contribution in [0.25, 0.3) is 0 Å². The number of carbonyl (C=O) groups is 1. The molecule has 20 heavy (non-hydrogen) atoms. The molecule has 8 nitrogen and oxygen atoms in total. The van der Waals surface area contributed by atoms with Crippen molar-refractivity contribution >= 4 is 17.5 Å². The number of aliphatic hydroxyl groups excluding tert-OH is 4. The lowest BCUT2D eigenvalue weighted by atomic mass is 10.1. The second kappa shape index (κ2) is 7.72. The molecule has 1 aromatic rings. The van der Waals surface area contributed by atoms with Gasteiger partial charge in [0.05, 0.1) is 12.8 Å².